The predicted molar refractivity (Wildman–Crippen MR) is 98.2 cm³/mol. The van der Waals surface area contributed by atoms with E-state index in [0.717, 1.165) is 5.56 Å². The van der Waals surface area contributed by atoms with Crippen LogP contribution in [0.5, 0.6) is 5.75 Å². The van der Waals surface area contributed by atoms with Crippen molar-refractivity contribution in [3.63, 3.8) is 0 Å². The van der Waals surface area contributed by atoms with Gasteiger partial charge in [0.15, 0.2) is 0 Å². The average molecular weight is 390 g/mol. The summed E-state index contributed by atoms with van der Waals surface area (Å²) >= 11 is 0. The normalized spacial score (nSPS) is 17.1. The fourth-order valence-electron chi connectivity index (χ4n) is 2.86. The molecular formula is C18H18N2O6S. The number of phenolic OH excluding ortho intramolecular Hbond substituents is 1. The van der Waals surface area contributed by atoms with Crippen LogP contribution in [0.3, 0.4) is 0 Å². The number of carbonyl (C=O) groups excluding carboxylic acids is 1. The van der Waals surface area contributed by atoms with Crippen LogP contribution in [0.2, 0.25) is 0 Å². The molecule has 0 aromatic heterocycles. The third kappa shape index (κ3) is 3.87. The Labute approximate surface area is 156 Å². The minimum absolute atomic E-state index is 0.0476. The molecule has 2 aromatic carbocycles. The molecule has 3 rings (SSSR count). The fourth-order valence-corrected chi connectivity index (χ4v) is 3.93. The number of carboxylic acids is 1. The lowest BCUT2D eigenvalue weighted by Gasteiger charge is -2.17. The molecule has 0 spiro atoms. The van der Waals surface area contributed by atoms with Gasteiger partial charge in [0.1, 0.15) is 5.75 Å². The maximum Gasteiger partial charge on any atom is 0.308 e. The van der Waals surface area contributed by atoms with Crippen molar-refractivity contribution < 1.29 is 28.2 Å². The van der Waals surface area contributed by atoms with Crippen molar-refractivity contribution in [2.75, 3.05) is 16.2 Å². The molecule has 1 unspecified atom stereocenters. The van der Waals surface area contributed by atoms with E-state index in [4.69, 9.17) is 5.11 Å². The van der Waals surface area contributed by atoms with E-state index >= 15 is 0 Å². The number of anilines is 2. The van der Waals surface area contributed by atoms with Gasteiger partial charge in [-0.25, -0.2) is 8.42 Å². The lowest BCUT2D eigenvalue weighted by atomic mass is 10.1. The molecule has 1 aliphatic rings. The summed E-state index contributed by atoms with van der Waals surface area (Å²) in [6.07, 6.45) is -0.0798. The first-order chi connectivity index (χ1) is 12.7. The molecule has 9 heteroatoms. The van der Waals surface area contributed by atoms with Gasteiger partial charge in [-0.05, 0) is 48.9 Å². The number of nitrogens with one attached hydrogen (secondary N) is 1. The summed E-state index contributed by atoms with van der Waals surface area (Å²) in [5.41, 5.74) is 1.28. The predicted octanol–water partition coefficient (Wildman–Crippen LogP) is 1.94. The highest BCUT2D eigenvalue weighted by atomic mass is 32.2. The molecular weight excluding hydrogens is 372 g/mol. The first kappa shape index (κ1) is 18.7. The molecule has 1 aliphatic heterocycles. The molecule has 2 aromatic rings. The molecule has 0 aliphatic carbocycles. The van der Waals surface area contributed by atoms with Gasteiger partial charge in [0.2, 0.25) is 5.91 Å². The molecule has 1 fully saturated rings. The number of phenols is 1. The largest absolute Gasteiger partial charge is 0.506 e. The van der Waals surface area contributed by atoms with Gasteiger partial charge in [-0.15, -0.1) is 0 Å². The first-order valence-electron chi connectivity index (χ1n) is 8.13. The van der Waals surface area contributed by atoms with Gasteiger partial charge in [-0.3, -0.25) is 14.3 Å². The Balaban J connectivity index is 1.81. The molecule has 1 atom stereocenters. The summed E-state index contributed by atoms with van der Waals surface area (Å²) < 4.78 is 27.4. The monoisotopic (exact) mass is 390 g/mol. The highest BCUT2D eigenvalue weighted by Gasteiger charge is 2.35. The van der Waals surface area contributed by atoms with E-state index < -0.39 is 21.9 Å². The molecule has 27 heavy (non-hydrogen) atoms. The number of aryl methyl sites for hydroxylation is 1. The number of aliphatic carboxylic acids is 1. The van der Waals surface area contributed by atoms with Crippen LogP contribution < -0.4 is 9.62 Å². The molecule has 0 bridgehead atoms. The Hall–Kier alpha value is -3.07. The van der Waals surface area contributed by atoms with Gasteiger partial charge in [0, 0.05) is 18.7 Å². The molecule has 8 nitrogen and oxygen atoms in total. The van der Waals surface area contributed by atoms with Crippen LogP contribution in [0.15, 0.2) is 47.4 Å². The smallest absolute Gasteiger partial charge is 0.308 e. The van der Waals surface area contributed by atoms with Crippen LogP contribution in [0.1, 0.15) is 12.0 Å². The number of carboxylic acid groups (broad SMARTS) is 1. The van der Waals surface area contributed by atoms with E-state index in [9.17, 15) is 23.1 Å². The highest BCUT2D eigenvalue weighted by molar-refractivity contribution is 7.92. The van der Waals surface area contributed by atoms with Crippen molar-refractivity contribution in [2.24, 2.45) is 5.92 Å². The lowest BCUT2D eigenvalue weighted by Crippen LogP contribution is -2.25. The van der Waals surface area contributed by atoms with Crippen molar-refractivity contribution in [2.45, 2.75) is 18.2 Å². The van der Waals surface area contributed by atoms with Gasteiger partial charge in [-0.1, -0.05) is 6.07 Å². The number of rotatable bonds is 5. The zero-order chi connectivity index (χ0) is 19.8. The van der Waals surface area contributed by atoms with E-state index in [1.807, 2.05) is 0 Å². The van der Waals surface area contributed by atoms with E-state index in [0.29, 0.717) is 5.69 Å². The second-order valence-electron chi connectivity index (χ2n) is 6.36. The van der Waals surface area contributed by atoms with Crippen molar-refractivity contribution in [1.29, 1.82) is 0 Å². The summed E-state index contributed by atoms with van der Waals surface area (Å²) in [7, 11) is -3.94. The maximum absolute atomic E-state index is 12.5. The SMILES string of the molecule is Cc1ccc(O)c(NS(=O)(=O)c2ccc(N3CC(C(=O)O)CC3=O)cc2)c1. The number of benzene rings is 2. The topological polar surface area (TPSA) is 124 Å². The van der Waals surface area contributed by atoms with Crippen molar-refractivity contribution in [3.8, 4) is 5.75 Å². The second-order valence-corrected chi connectivity index (χ2v) is 8.05. The lowest BCUT2D eigenvalue weighted by molar-refractivity contribution is -0.141. The third-order valence-corrected chi connectivity index (χ3v) is 5.71. The summed E-state index contributed by atoms with van der Waals surface area (Å²) in [5, 5.41) is 18.9. The molecule has 0 radical (unpaired) electrons. The molecule has 1 amide bonds. The summed E-state index contributed by atoms with van der Waals surface area (Å²) in [6.45, 7) is 1.82. The van der Waals surface area contributed by atoms with Crippen molar-refractivity contribution >= 4 is 33.3 Å². The molecule has 0 saturated carbocycles. The van der Waals surface area contributed by atoms with Crippen LogP contribution in [0.25, 0.3) is 0 Å². The summed E-state index contributed by atoms with van der Waals surface area (Å²) in [6, 6.07) is 10.1. The zero-order valence-corrected chi connectivity index (χ0v) is 15.2. The number of carbonyl (C=O) groups is 2. The Morgan fingerprint density at radius 1 is 1.19 bits per heavy atom. The van der Waals surface area contributed by atoms with E-state index in [2.05, 4.69) is 4.72 Å². The van der Waals surface area contributed by atoms with Gasteiger partial charge >= 0.3 is 5.97 Å². The minimum Gasteiger partial charge on any atom is -0.506 e. The number of hydrogen-bond donors (Lipinski definition) is 3. The Morgan fingerprint density at radius 3 is 2.44 bits per heavy atom. The van der Waals surface area contributed by atoms with E-state index in [-0.39, 0.29) is 35.2 Å². The number of aromatic hydroxyl groups is 1. The quantitative estimate of drug-likeness (QED) is 0.670. The van der Waals surface area contributed by atoms with Gasteiger partial charge in [0.05, 0.1) is 16.5 Å². The van der Waals surface area contributed by atoms with Gasteiger partial charge in [-0.2, -0.15) is 0 Å². The van der Waals surface area contributed by atoms with Crippen LogP contribution in [-0.4, -0.2) is 37.1 Å². The molecule has 3 N–H and O–H groups in total. The molecule has 1 saturated heterocycles. The van der Waals surface area contributed by atoms with Crippen LogP contribution in [0, 0.1) is 12.8 Å². The minimum atomic E-state index is -3.94. The van der Waals surface area contributed by atoms with Crippen molar-refractivity contribution in [3.05, 3.63) is 48.0 Å². The van der Waals surface area contributed by atoms with E-state index in [1.165, 1.54) is 41.3 Å². The average Bonchev–Trinajstić information content (AvgIpc) is 3.00. The van der Waals surface area contributed by atoms with Crippen LogP contribution in [-0.2, 0) is 19.6 Å². The van der Waals surface area contributed by atoms with Gasteiger partial charge in [0.25, 0.3) is 10.0 Å². The maximum atomic E-state index is 12.5. The van der Waals surface area contributed by atoms with Crippen LogP contribution >= 0.6 is 0 Å². The number of nitrogens with zero attached hydrogens (tertiary/aromatic N) is 1. The number of hydrogen-bond acceptors (Lipinski definition) is 5. The standard InChI is InChI=1S/C18H18N2O6S/c1-11-2-7-16(21)15(8-11)19-27(25,26)14-5-3-13(4-6-14)20-10-12(18(23)24)9-17(20)22/h2-8,12,19,21H,9-10H2,1H3,(H,23,24). The Kier molecular flexibility index (Phi) is 4.79. The summed E-state index contributed by atoms with van der Waals surface area (Å²) in [5.74, 6) is -2.32. The number of sulfonamides is 1. The first-order valence-corrected chi connectivity index (χ1v) is 9.61. The fraction of sp³-hybridized carbons (Fsp3) is 0.222. The third-order valence-electron chi connectivity index (χ3n) is 4.33. The molecule has 142 valence electrons. The van der Waals surface area contributed by atoms with Crippen molar-refractivity contribution in [1.82, 2.24) is 0 Å². The van der Waals surface area contributed by atoms with Crippen LogP contribution in [0.4, 0.5) is 11.4 Å². The Morgan fingerprint density at radius 2 is 1.85 bits per heavy atom. The summed E-state index contributed by atoms with van der Waals surface area (Å²) in [4.78, 5) is 24.3. The second kappa shape index (κ2) is 6.92. The van der Waals surface area contributed by atoms with Gasteiger partial charge < -0.3 is 15.1 Å². The Bertz CT molecular complexity index is 1000. The highest BCUT2D eigenvalue weighted by Crippen LogP contribution is 2.29. The van der Waals surface area contributed by atoms with E-state index in [1.54, 1.807) is 13.0 Å². The molecule has 1 heterocycles. The number of amides is 1. The zero-order valence-electron chi connectivity index (χ0n) is 14.4.